The number of carbonyl (C=O) groups is 1. The molecule has 0 aromatic heterocycles. The third-order valence-electron chi connectivity index (χ3n) is 4.06. The third-order valence-corrected chi connectivity index (χ3v) is 4.06. The zero-order chi connectivity index (χ0) is 16.7. The molecule has 0 spiro atoms. The van der Waals surface area contributed by atoms with Crippen LogP contribution in [0.5, 0.6) is 0 Å². The number of ether oxygens (including phenoxy) is 1. The van der Waals surface area contributed by atoms with Crippen LogP contribution in [0.4, 0.5) is 4.39 Å². The number of nitrogens with one attached hydrogen (secondary N) is 1. The van der Waals surface area contributed by atoms with Gasteiger partial charge in [0.2, 0.25) is 5.91 Å². The highest BCUT2D eigenvalue weighted by molar-refractivity contribution is 5.85. The van der Waals surface area contributed by atoms with E-state index in [1.807, 2.05) is 6.92 Å². The van der Waals surface area contributed by atoms with Crippen LogP contribution in [0.15, 0.2) is 24.3 Å². The first kappa shape index (κ1) is 24.1. The van der Waals surface area contributed by atoms with Gasteiger partial charge >= 0.3 is 0 Å². The summed E-state index contributed by atoms with van der Waals surface area (Å²) in [5, 5.41) is 2.98. The van der Waals surface area contributed by atoms with E-state index in [1.54, 1.807) is 12.1 Å². The maximum Gasteiger partial charge on any atom is 0.220 e. The maximum atomic E-state index is 13.2. The van der Waals surface area contributed by atoms with E-state index >= 15 is 0 Å². The Balaban J connectivity index is 0.00000288. The van der Waals surface area contributed by atoms with E-state index in [0.29, 0.717) is 32.6 Å². The van der Waals surface area contributed by atoms with Crippen LogP contribution < -0.4 is 11.1 Å². The van der Waals surface area contributed by atoms with Crippen LogP contribution >= 0.6 is 24.8 Å². The second-order valence-corrected chi connectivity index (χ2v) is 6.04. The number of hydrogen-bond donors (Lipinski definition) is 2. The first-order valence-corrected chi connectivity index (χ1v) is 8.16. The van der Waals surface area contributed by atoms with Crippen molar-refractivity contribution in [1.29, 1.82) is 0 Å². The molecule has 1 aromatic carbocycles. The topological polar surface area (TPSA) is 67.6 Å². The SMILES string of the molecule is CC(N)CCC(=O)NCC(c1ccc(F)cc1)N1CCOCC1.Cl.Cl. The molecule has 0 aliphatic carbocycles. The number of halogens is 3. The van der Waals surface area contributed by atoms with Crippen molar-refractivity contribution in [3.63, 3.8) is 0 Å². The number of benzene rings is 1. The van der Waals surface area contributed by atoms with E-state index in [2.05, 4.69) is 10.2 Å². The zero-order valence-electron chi connectivity index (χ0n) is 14.4. The van der Waals surface area contributed by atoms with Gasteiger partial charge in [0.25, 0.3) is 0 Å². The predicted molar refractivity (Wildman–Crippen MR) is 102 cm³/mol. The highest BCUT2D eigenvalue weighted by atomic mass is 35.5. The fourth-order valence-electron chi connectivity index (χ4n) is 2.69. The van der Waals surface area contributed by atoms with Gasteiger partial charge in [0.15, 0.2) is 0 Å². The zero-order valence-corrected chi connectivity index (χ0v) is 16.1. The summed E-state index contributed by atoms with van der Waals surface area (Å²) >= 11 is 0. The van der Waals surface area contributed by atoms with Crippen LogP contribution in [0.3, 0.4) is 0 Å². The monoisotopic (exact) mass is 395 g/mol. The van der Waals surface area contributed by atoms with E-state index in [1.165, 1.54) is 12.1 Å². The van der Waals surface area contributed by atoms with Gasteiger partial charge in [-0.05, 0) is 31.0 Å². The molecule has 1 heterocycles. The second-order valence-electron chi connectivity index (χ2n) is 6.04. The molecule has 2 unspecified atom stereocenters. The van der Waals surface area contributed by atoms with Crippen molar-refractivity contribution < 1.29 is 13.9 Å². The van der Waals surface area contributed by atoms with Crippen molar-refractivity contribution in [2.75, 3.05) is 32.8 Å². The average molecular weight is 396 g/mol. The minimum atomic E-state index is -0.254. The molecule has 0 bridgehead atoms. The summed E-state index contributed by atoms with van der Waals surface area (Å²) in [6, 6.07) is 6.53. The maximum absolute atomic E-state index is 13.2. The van der Waals surface area contributed by atoms with E-state index in [-0.39, 0.29) is 48.6 Å². The molecule has 1 aromatic rings. The highest BCUT2D eigenvalue weighted by Crippen LogP contribution is 2.21. The lowest BCUT2D eigenvalue weighted by molar-refractivity contribution is -0.121. The number of nitrogens with two attached hydrogens (primary N) is 1. The Hall–Kier alpha value is -0.920. The van der Waals surface area contributed by atoms with Crippen molar-refractivity contribution in [1.82, 2.24) is 10.2 Å². The molecular formula is C17H28Cl2FN3O2. The van der Waals surface area contributed by atoms with Gasteiger partial charge in [-0.3, -0.25) is 9.69 Å². The van der Waals surface area contributed by atoms with E-state index in [4.69, 9.17) is 10.5 Å². The van der Waals surface area contributed by atoms with Gasteiger partial charge in [0, 0.05) is 32.1 Å². The number of hydrogen-bond acceptors (Lipinski definition) is 4. The third kappa shape index (κ3) is 8.33. The van der Waals surface area contributed by atoms with Crippen LogP contribution in [0.25, 0.3) is 0 Å². The van der Waals surface area contributed by atoms with E-state index in [0.717, 1.165) is 18.7 Å². The predicted octanol–water partition coefficient (Wildman–Crippen LogP) is 2.29. The minimum Gasteiger partial charge on any atom is -0.379 e. The Morgan fingerprint density at radius 2 is 1.88 bits per heavy atom. The second kappa shape index (κ2) is 12.4. The van der Waals surface area contributed by atoms with Crippen molar-refractivity contribution in [3.05, 3.63) is 35.6 Å². The number of carbonyl (C=O) groups excluding carboxylic acids is 1. The molecule has 1 aliphatic rings. The summed E-state index contributed by atoms with van der Waals surface area (Å²) in [6.45, 7) is 5.36. The molecule has 1 saturated heterocycles. The molecule has 2 rings (SSSR count). The van der Waals surface area contributed by atoms with Crippen molar-refractivity contribution in [3.8, 4) is 0 Å². The van der Waals surface area contributed by atoms with E-state index in [9.17, 15) is 9.18 Å². The number of morpholine rings is 1. The molecule has 25 heavy (non-hydrogen) atoms. The molecule has 5 nitrogen and oxygen atoms in total. The minimum absolute atomic E-state index is 0. The number of rotatable bonds is 7. The summed E-state index contributed by atoms with van der Waals surface area (Å²) in [5.41, 5.74) is 6.68. The summed E-state index contributed by atoms with van der Waals surface area (Å²) in [5.74, 6) is -0.252. The van der Waals surface area contributed by atoms with Crippen molar-refractivity contribution >= 4 is 30.7 Å². The summed E-state index contributed by atoms with van der Waals surface area (Å²) < 4.78 is 18.6. The van der Waals surface area contributed by atoms with Crippen LogP contribution in [-0.2, 0) is 9.53 Å². The van der Waals surface area contributed by atoms with Gasteiger partial charge in [-0.25, -0.2) is 4.39 Å². The molecule has 1 amide bonds. The van der Waals surface area contributed by atoms with Gasteiger partial charge in [-0.15, -0.1) is 24.8 Å². The largest absolute Gasteiger partial charge is 0.379 e. The van der Waals surface area contributed by atoms with Gasteiger partial charge in [-0.1, -0.05) is 12.1 Å². The lowest BCUT2D eigenvalue weighted by Gasteiger charge is -2.35. The van der Waals surface area contributed by atoms with Gasteiger partial charge in [0.05, 0.1) is 19.3 Å². The molecule has 0 saturated carbocycles. The standard InChI is InChI=1S/C17H26FN3O2.2ClH/c1-13(19)2-7-17(22)20-12-16(21-8-10-23-11-9-21)14-3-5-15(18)6-4-14;;/h3-6,13,16H,2,7-12,19H2,1H3,(H,20,22);2*1H. The Labute approximate surface area is 161 Å². The van der Waals surface area contributed by atoms with E-state index < -0.39 is 0 Å². The van der Waals surface area contributed by atoms with Crippen LogP contribution in [0.1, 0.15) is 31.4 Å². The van der Waals surface area contributed by atoms with Crippen molar-refractivity contribution in [2.45, 2.75) is 31.8 Å². The Kier molecular flexibility index (Phi) is 12.0. The number of amides is 1. The smallest absolute Gasteiger partial charge is 0.220 e. The Morgan fingerprint density at radius 3 is 2.44 bits per heavy atom. The molecule has 0 radical (unpaired) electrons. The normalized spacial score (nSPS) is 16.9. The molecule has 1 fully saturated rings. The molecule has 144 valence electrons. The lowest BCUT2D eigenvalue weighted by Crippen LogP contribution is -2.43. The Morgan fingerprint density at radius 1 is 1.28 bits per heavy atom. The van der Waals surface area contributed by atoms with Gasteiger partial charge in [-0.2, -0.15) is 0 Å². The van der Waals surface area contributed by atoms with Crippen molar-refractivity contribution in [2.24, 2.45) is 5.73 Å². The first-order valence-electron chi connectivity index (χ1n) is 8.16. The quantitative estimate of drug-likeness (QED) is 0.742. The molecule has 3 N–H and O–H groups in total. The van der Waals surface area contributed by atoms with Crippen LogP contribution in [0, 0.1) is 5.82 Å². The van der Waals surface area contributed by atoms with Crippen LogP contribution in [0.2, 0.25) is 0 Å². The Bertz CT molecular complexity index is 497. The van der Waals surface area contributed by atoms with Crippen LogP contribution in [-0.4, -0.2) is 49.7 Å². The highest BCUT2D eigenvalue weighted by Gasteiger charge is 2.23. The molecule has 8 heteroatoms. The number of nitrogens with zero attached hydrogens (tertiary/aromatic N) is 1. The summed E-state index contributed by atoms with van der Waals surface area (Å²) in [7, 11) is 0. The summed E-state index contributed by atoms with van der Waals surface area (Å²) in [6.07, 6.45) is 1.10. The molecule has 1 aliphatic heterocycles. The van der Waals surface area contributed by atoms with Gasteiger partial charge < -0.3 is 15.8 Å². The summed E-state index contributed by atoms with van der Waals surface area (Å²) in [4.78, 5) is 14.2. The molecular weight excluding hydrogens is 368 g/mol. The fraction of sp³-hybridized carbons (Fsp3) is 0.588. The fourth-order valence-corrected chi connectivity index (χ4v) is 2.69. The lowest BCUT2D eigenvalue weighted by atomic mass is 10.0. The first-order chi connectivity index (χ1) is 11.1. The molecule has 2 atom stereocenters. The average Bonchev–Trinajstić information content (AvgIpc) is 2.55. The van der Waals surface area contributed by atoms with Gasteiger partial charge in [0.1, 0.15) is 5.82 Å².